The van der Waals surface area contributed by atoms with Crippen molar-refractivity contribution in [2.24, 2.45) is 16.6 Å². The second kappa shape index (κ2) is 7.57. The van der Waals surface area contributed by atoms with E-state index in [4.69, 9.17) is 11.5 Å². The summed E-state index contributed by atoms with van der Waals surface area (Å²) in [5, 5.41) is 4.39. The van der Waals surface area contributed by atoms with Crippen LogP contribution in [0, 0.1) is 0 Å². The second-order valence-electron chi connectivity index (χ2n) is 4.80. The number of ketones is 1. The molecule has 0 unspecified atom stereocenters. The van der Waals surface area contributed by atoms with E-state index in [2.05, 4.69) is 9.44 Å². The first-order valence-corrected chi connectivity index (χ1v) is 9.15. The van der Waals surface area contributed by atoms with Crippen LogP contribution in [0.5, 0.6) is 0 Å². The Hall–Kier alpha value is -2.53. The van der Waals surface area contributed by atoms with E-state index < -0.39 is 34.0 Å². The molecule has 0 aliphatic heterocycles. The predicted molar refractivity (Wildman–Crippen MR) is 89.7 cm³/mol. The molecule has 0 aliphatic carbocycles. The van der Waals surface area contributed by atoms with Gasteiger partial charge in [0.25, 0.3) is 6.43 Å². The number of hydrogen-bond acceptors (Lipinski definition) is 6. The number of benzene rings is 1. The maximum atomic E-state index is 13.0. The molecule has 1 heterocycles. The lowest BCUT2D eigenvalue weighted by Crippen LogP contribution is -2.25. The molecule has 0 atom stereocenters. The van der Waals surface area contributed by atoms with Gasteiger partial charge in [-0.25, -0.2) is 8.78 Å². The number of thiophene rings is 1. The summed E-state index contributed by atoms with van der Waals surface area (Å²) < 4.78 is 53.3. The van der Waals surface area contributed by atoms with E-state index in [1.54, 1.807) is 6.07 Å². The van der Waals surface area contributed by atoms with Crippen LogP contribution >= 0.6 is 11.3 Å². The zero-order chi connectivity index (χ0) is 18.6. The van der Waals surface area contributed by atoms with Crippen LogP contribution in [-0.4, -0.2) is 25.9 Å². The average Bonchev–Trinajstić information content (AvgIpc) is 3.03. The molecule has 134 valence electrons. The molecule has 0 spiro atoms. The van der Waals surface area contributed by atoms with Crippen LogP contribution in [0.1, 0.15) is 21.7 Å². The van der Waals surface area contributed by atoms with Crippen LogP contribution in [0.3, 0.4) is 0 Å². The molecule has 4 N–H and O–H groups in total. The zero-order valence-electron chi connectivity index (χ0n) is 12.6. The largest absolute Gasteiger partial charge is 0.367 e. The SMILES string of the molecule is NC(N)=NOS(=O)(=O)CC(=O)c1cccc(-c2ccsc2C(F)F)c1. The summed E-state index contributed by atoms with van der Waals surface area (Å²) >= 11 is 0.897. The third-order valence-electron chi connectivity index (χ3n) is 2.95. The van der Waals surface area contributed by atoms with Crippen molar-refractivity contribution < 1.29 is 26.3 Å². The number of Topliss-reactive ketones (excluding diaryl/α,β-unsaturated/α-hetero) is 1. The standard InChI is InChI=1S/C14H13F2N3O4S2/c15-13(16)12-10(4-5-24-12)8-2-1-3-9(6-8)11(20)7-25(21,22)23-19-14(17)18/h1-6,13H,7H2,(H4,17,18,19). The summed E-state index contributed by atoms with van der Waals surface area (Å²) in [6.45, 7) is 0. The van der Waals surface area contributed by atoms with Gasteiger partial charge in [-0.15, -0.1) is 11.3 Å². The molecular formula is C14H13F2N3O4S2. The molecule has 0 fully saturated rings. The monoisotopic (exact) mass is 389 g/mol. The molecule has 0 saturated carbocycles. The van der Waals surface area contributed by atoms with Crippen molar-refractivity contribution in [3.8, 4) is 11.1 Å². The number of nitrogens with two attached hydrogens (primary N) is 2. The average molecular weight is 389 g/mol. The highest BCUT2D eigenvalue weighted by Crippen LogP contribution is 2.35. The summed E-state index contributed by atoms with van der Waals surface area (Å²) in [6, 6.07) is 7.24. The van der Waals surface area contributed by atoms with Crippen molar-refractivity contribution in [1.82, 2.24) is 0 Å². The fourth-order valence-corrected chi connectivity index (χ4v) is 3.47. The molecule has 1 aromatic heterocycles. The van der Waals surface area contributed by atoms with E-state index in [9.17, 15) is 22.0 Å². The first kappa shape index (κ1) is 18.8. The van der Waals surface area contributed by atoms with Crippen molar-refractivity contribution in [3.63, 3.8) is 0 Å². The molecule has 2 rings (SSSR count). The molecule has 11 heteroatoms. The number of nitrogens with zero attached hydrogens (tertiary/aromatic N) is 1. The van der Waals surface area contributed by atoms with Gasteiger partial charge in [-0.1, -0.05) is 18.2 Å². The molecule has 0 saturated heterocycles. The lowest BCUT2D eigenvalue weighted by molar-refractivity contribution is 0.101. The number of oxime groups is 1. The van der Waals surface area contributed by atoms with Gasteiger partial charge in [-0.2, -0.15) is 8.42 Å². The molecular weight excluding hydrogens is 376 g/mol. The van der Waals surface area contributed by atoms with Gasteiger partial charge in [-0.05, 0) is 28.2 Å². The number of carbonyl (C=O) groups excluding carboxylic acids is 1. The first-order chi connectivity index (χ1) is 11.7. The summed E-state index contributed by atoms with van der Waals surface area (Å²) in [4.78, 5) is 12.0. The highest BCUT2D eigenvalue weighted by molar-refractivity contribution is 7.87. The van der Waals surface area contributed by atoms with Gasteiger partial charge < -0.3 is 11.5 Å². The number of rotatable bonds is 7. The minimum absolute atomic E-state index is 0.0285. The van der Waals surface area contributed by atoms with Crippen LogP contribution in [0.15, 0.2) is 40.9 Å². The Kier molecular flexibility index (Phi) is 5.69. The van der Waals surface area contributed by atoms with Crippen molar-refractivity contribution >= 4 is 33.2 Å². The Morgan fingerprint density at radius 2 is 2.00 bits per heavy atom. The number of alkyl halides is 2. The van der Waals surface area contributed by atoms with Gasteiger partial charge in [0.15, 0.2) is 11.5 Å². The minimum atomic E-state index is -4.33. The number of hydrogen-bond donors (Lipinski definition) is 2. The van der Waals surface area contributed by atoms with Crippen LogP contribution in [0.4, 0.5) is 8.78 Å². The third-order valence-corrected chi connectivity index (χ3v) is 4.79. The second-order valence-corrected chi connectivity index (χ2v) is 7.30. The Labute approximate surface area is 146 Å². The maximum absolute atomic E-state index is 13.0. The van der Waals surface area contributed by atoms with Gasteiger partial charge in [-0.3, -0.25) is 9.08 Å². The van der Waals surface area contributed by atoms with Crippen molar-refractivity contribution in [1.29, 1.82) is 0 Å². The summed E-state index contributed by atoms with van der Waals surface area (Å²) in [5.41, 5.74) is 10.6. The van der Waals surface area contributed by atoms with Crippen LogP contribution in [0.2, 0.25) is 0 Å². The highest BCUT2D eigenvalue weighted by atomic mass is 32.2. The molecule has 0 bridgehead atoms. The van der Waals surface area contributed by atoms with Crippen molar-refractivity contribution in [2.45, 2.75) is 6.43 Å². The van der Waals surface area contributed by atoms with Crippen LogP contribution in [0.25, 0.3) is 11.1 Å². The predicted octanol–water partition coefficient (Wildman–Crippen LogP) is 2.07. The normalized spacial score (nSPS) is 11.3. The quantitative estimate of drug-likeness (QED) is 0.323. The summed E-state index contributed by atoms with van der Waals surface area (Å²) in [6.07, 6.45) is -2.65. The molecule has 0 radical (unpaired) electrons. The molecule has 7 nitrogen and oxygen atoms in total. The molecule has 1 aromatic carbocycles. The first-order valence-electron chi connectivity index (χ1n) is 6.69. The Morgan fingerprint density at radius 1 is 1.28 bits per heavy atom. The van der Waals surface area contributed by atoms with Gasteiger partial charge >= 0.3 is 10.1 Å². The minimum Gasteiger partial charge on any atom is -0.367 e. The number of carbonyl (C=O) groups is 1. The molecule has 2 aromatic rings. The Bertz CT molecular complexity index is 906. The molecule has 25 heavy (non-hydrogen) atoms. The van der Waals surface area contributed by atoms with Crippen molar-refractivity contribution in [2.75, 3.05) is 5.75 Å². The van der Waals surface area contributed by atoms with E-state index in [-0.39, 0.29) is 16.0 Å². The van der Waals surface area contributed by atoms with E-state index in [0.717, 1.165) is 11.3 Å². The summed E-state index contributed by atoms with van der Waals surface area (Å²) in [7, 11) is -4.33. The molecule has 0 amide bonds. The van der Waals surface area contributed by atoms with E-state index in [1.807, 2.05) is 0 Å². The van der Waals surface area contributed by atoms with Crippen LogP contribution < -0.4 is 11.5 Å². The van der Waals surface area contributed by atoms with Gasteiger partial charge in [0.1, 0.15) is 0 Å². The van der Waals surface area contributed by atoms with Crippen LogP contribution in [-0.2, 0) is 14.4 Å². The lowest BCUT2D eigenvalue weighted by atomic mass is 10.0. The Morgan fingerprint density at radius 3 is 2.64 bits per heavy atom. The third kappa shape index (κ3) is 4.97. The van der Waals surface area contributed by atoms with E-state index in [0.29, 0.717) is 5.56 Å². The topological polar surface area (TPSA) is 125 Å². The fourth-order valence-electron chi connectivity index (χ4n) is 1.96. The Balaban J connectivity index is 2.25. The number of halogens is 2. The summed E-state index contributed by atoms with van der Waals surface area (Å²) in [5.74, 6) is -2.41. The lowest BCUT2D eigenvalue weighted by Gasteiger charge is -2.06. The van der Waals surface area contributed by atoms with E-state index in [1.165, 1.54) is 29.6 Å². The smallest absolute Gasteiger partial charge is 0.336 e. The fraction of sp³-hybridized carbons (Fsp3) is 0.143. The molecule has 0 aliphatic rings. The van der Waals surface area contributed by atoms with Gasteiger partial charge in [0.05, 0.1) is 4.88 Å². The van der Waals surface area contributed by atoms with Gasteiger partial charge in [0.2, 0.25) is 5.96 Å². The zero-order valence-corrected chi connectivity index (χ0v) is 14.2. The van der Waals surface area contributed by atoms with Crippen molar-refractivity contribution in [3.05, 3.63) is 46.2 Å². The highest BCUT2D eigenvalue weighted by Gasteiger charge is 2.21. The maximum Gasteiger partial charge on any atom is 0.336 e. The number of guanidine groups is 1. The van der Waals surface area contributed by atoms with E-state index >= 15 is 0 Å². The van der Waals surface area contributed by atoms with Gasteiger partial charge in [0, 0.05) is 11.1 Å².